The molecule has 0 aliphatic rings. The number of hydrogen-bond donors (Lipinski definition) is 0. The molecule has 0 fully saturated rings. The summed E-state index contributed by atoms with van der Waals surface area (Å²) in [7, 11) is -2.50. The normalized spacial score (nSPS) is 11.4. The van der Waals surface area contributed by atoms with E-state index in [2.05, 4.69) is 4.98 Å². The van der Waals surface area contributed by atoms with Crippen LogP contribution in [-0.4, -0.2) is 23.8 Å². The fourth-order valence-corrected chi connectivity index (χ4v) is 3.11. The van der Waals surface area contributed by atoms with Crippen molar-refractivity contribution < 1.29 is 17.4 Å². The second-order valence-corrected chi connectivity index (χ2v) is 6.65. The Morgan fingerprint density at radius 1 is 1.32 bits per heavy atom. The van der Waals surface area contributed by atoms with E-state index in [1.807, 2.05) is 0 Å². The molecule has 0 unspecified atom stereocenters. The van der Waals surface area contributed by atoms with Crippen molar-refractivity contribution in [3.8, 4) is 5.75 Å². The third-order valence-electron chi connectivity index (χ3n) is 2.97. The Morgan fingerprint density at radius 2 is 1.95 bits per heavy atom. The first kappa shape index (κ1) is 16.5. The lowest BCUT2D eigenvalue weighted by molar-refractivity contribution is -0.116. The van der Waals surface area contributed by atoms with Crippen molar-refractivity contribution in [3.05, 3.63) is 41.3 Å². The third kappa shape index (κ3) is 3.86. The maximum Gasteiger partial charge on any atom is 0.360 e. The standard InChI is InChI=1S/C14H15ClN2O4S/c1-10(18)3-4-11-5-7-12(8-6-11)21-22(19,20)14-13(15)17(2)9-16-14/h5-9H,3-4H2,1-2H3. The van der Waals surface area contributed by atoms with Crippen molar-refractivity contribution in [1.29, 1.82) is 0 Å². The summed E-state index contributed by atoms with van der Waals surface area (Å²) in [5.41, 5.74) is 0.927. The van der Waals surface area contributed by atoms with Crippen molar-refractivity contribution in [2.24, 2.45) is 7.05 Å². The Kier molecular flexibility index (Phi) is 4.87. The zero-order valence-corrected chi connectivity index (χ0v) is 13.7. The molecular weight excluding hydrogens is 328 g/mol. The molecule has 0 saturated carbocycles. The van der Waals surface area contributed by atoms with Gasteiger partial charge in [-0.3, -0.25) is 0 Å². The zero-order valence-electron chi connectivity index (χ0n) is 12.1. The van der Waals surface area contributed by atoms with Crippen LogP contribution in [0.4, 0.5) is 0 Å². The molecule has 0 atom stereocenters. The average Bonchev–Trinajstić information content (AvgIpc) is 2.78. The predicted molar refractivity (Wildman–Crippen MR) is 81.5 cm³/mol. The number of rotatable bonds is 6. The van der Waals surface area contributed by atoms with E-state index < -0.39 is 10.1 Å². The van der Waals surface area contributed by atoms with Crippen LogP contribution in [0.2, 0.25) is 5.15 Å². The molecular formula is C14H15ClN2O4S. The molecule has 118 valence electrons. The fraction of sp³-hybridized carbons (Fsp3) is 0.286. The molecule has 0 radical (unpaired) electrons. The predicted octanol–water partition coefficient (Wildman–Crippen LogP) is 2.36. The van der Waals surface area contributed by atoms with Crippen LogP contribution in [0.1, 0.15) is 18.9 Å². The van der Waals surface area contributed by atoms with Crippen LogP contribution in [0.5, 0.6) is 5.75 Å². The number of carbonyl (C=O) groups is 1. The number of carbonyl (C=O) groups excluding carboxylic acids is 1. The van der Waals surface area contributed by atoms with Crippen molar-refractivity contribution in [2.75, 3.05) is 0 Å². The fourth-order valence-electron chi connectivity index (χ4n) is 1.76. The van der Waals surface area contributed by atoms with Gasteiger partial charge in [0.05, 0.1) is 6.33 Å². The summed E-state index contributed by atoms with van der Waals surface area (Å²) >= 11 is 5.86. The van der Waals surface area contributed by atoms with Gasteiger partial charge >= 0.3 is 10.1 Å². The lowest BCUT2D eigenvalue weighted by Crippen LogP contribution is -2.11. The quantitative estimate of drug-likeness (QED) is 0.753. The first-order valence-electron chi connectivity index (χ1n) is 6.49. The van der Waals surface area contributed by atoms with E-state index in [9.17, 15) is 13.2 Å². The van der Waals surface area contributed by atoms with Gasteiger partial charge in [-0.15, -0.1) is 0 Å². The Bertz CT molecular complexity index is 782. The van der Waals surface area contributed by atoms with Crippen LogP contribution in [0.25, 0.3) is 0 Å². The molecule has 0 aliphatic heterocycles. The SMILES string of the molecule is CC(=O)CCc1ccc(OS(=O)(=O)c2ncn(C)c2Cl)cc1. The van der Waals surface area contributed by atoms with E-state index in [1.165, 1.54) is 30.0 Å². The smallest absolute Gasteiger partial charge is 0.360 e. The van der Waals surface area contributed by atoms with Crippen LogP contribution in [0.15, 0.2) is 35.6 Å². The molecule has 0 saturated heterocycles. The highest BCUT2D eigenvalue weighted by molar-refractivity contribution is 7.87. The highest BCUT2D eigenvalue weighted by Gasteiger charge is 2.24. The summed E-state index contributed by atoms with van der Waals surface area (Å²) in [6.07, 6.45) is 2.35. The van der Waals surface area contributed by atoms with Crippen LogP contribution in [0.3, 0.4) is 0 Å². The Labute approximate surface area is 133 Å². The van der Waals surface area contributed by atoms with Crippen LogP contribution in [-0.2, 0) is 28.4 Å². The molecule has 0 spiro atoms. The highest BCUT2D eigenvalue weighted by atomic mass is 35.5. The molecule has 1 heterocycles. The zero-order chi connectivity index (χ0) is 16.3. The molecule has 0 N–H and O–H groups in total. The van der Waals surface area contributed by atoms with Crippen LogP contribution in [0, 0.1) is 0 Å². The molecule has 22 heavy (non-hydrogen) atoms. The van der Waals surface area contributed by atoms with E-state index in [4.69, 9.17) is 15.8 Å². The van der Waals surface area contributed by atoms with E-state index in [-0.39, 0.29) is 21.7 Å². The van der Waals surface area contributed by atoms with Crippen molar-refractivity contribution in [1.82, 2.24) is 9.55 Å². The minimum absolute atomic E-state index is 0.0157. The van der Waals surface area contributed by atoms with E-state index in [0.717, 1.165) is 5.56 Å². The lowest BCUT2D eigenvalue weighted by Gasteiger charge is -2.06. The summed E-state index contributed by atoms with van der Waals surface area (Å²) in [6, 6.07) is 6.50. The molecule has 2 aromatic rings. The molecule has 8 heteroatoms. The number of ketones is 1. The third-order valence-corrected chi connectivity index (χ3v) is 4.71. The van der Waals surface area contributed by atoms with Gasteiger partial charge in [-0.05, 0) is 31.0 Å². The largest absolute Gasteiger partial charge is 0.378 e. The minimum atomic E-state index is -4.08. The molecule has 0 amide bonds. The Hall–Kier alpha value is -1.86. The molecule has 6 nitrogen and oxygen atoms in total. The maximum absolute atomic E-state index is 12.1. The van der Waals surface area contributed by atoms with Crippen molar-refractivity contribution in [2.45, 2.75) is 24.8 Å². The van der Waals surface area contributed by atoms with Gasteiger partial charge in [-0.2, -0.15) is 8.42 Å². The number of Topliss-reactive ketones (excluding diaryl/α,β-unsaturated/α-hetero) is 1. The summed E-state index contributed by atoms with van der Waals surface area (Å²) in [5.74, 6) is 0.265. The number of nitrogens with zero attached hydrogens (tertiary/aromatic N) is 2. The first-order chi connectivity index (χ1) is 10.3. The molecule has 1 aromatic carbocycles. The number of hydrogen-bond acceptors (Lipinski definition) is 5. The van der Waals surface area contributed by atoms with Crippen molar-refractivity contribution in [3.63, 3.8) is 0 Å². The number of aromatic nitrogens is 2. The van der Waals surface area contributed by atoms with E-state index >= 15 is 0 Å². The second-order valence-electron chi connectivity index (χ2n) is 4.83. The molecule has 0 bridgehead atoms. The van der Waals surface area contributed by atoms with Gasteiger partial charge in [0, 0.05) is 13.5 Å². The van der Waals surface area contributed by atoms with E-state index in [0.29, 0.717) is 12.8 Å². The topological polar surface area (TPSA) is 78.3 Å². The average molecular weight is 343 g/mol. The monoisotopic (exact) mass is 342 g/mol. The number of halogens is 1. The second kappa shape index (κ2) is 6.50. The first-order valence-corrected chi connectivity index (χ1v) is 8.28. The minimum Gasteiger partial charge on any atom is -0.378 e. The number of imidazole rings is 1. The van der Waals surface area contributed by atoms with Gasteiger partial charge in [-0.1, -0.05) is 23.7 Å². The molecule has 1 aromatic heterocycles. The van der Waals surface area contributed by atoms with Crippen LogP contribution < -0.4 is 4.18 Å². The highest BCUT2D eigenvalue weighted by Crippen LogP contribution is 2.23. The Morgan fingerprint density at radius 3 is 2.45 bits per heavy atom. The van der Waals surface area contributed by atoms with Gasteiger partial charge in [0.15, 0.2) is 5.15 Å². The summed E-state index contributed by atoms with van der Waals surface area (Å²) in [5, 5.41) is -0.338. The maximum atomic E-state index is 12.1. The molecule has 0 aliphatic carbocycles. The number of aryl methyl sites for hydroxylation is 2. The van der Waals surface area contributed by atoms with Crippen LogP contribution >= 0.6 is 11.6 Å². The van der Waals surface area contributed by atoms with Gasteiger partial charge in [0.25, 0.3) is 0 Å². The summed E-state index contributed by atoms with van der Waals surface area (Å²) < 4.78 is 30.6. The summed E-state index contributed by atoms with van der Waals surface area (Å²) in [4.78, 5) is 14.7. The van der Waals surface area contributed by atoms with Gasteiger partial charge in [-0.25, -0.2) is 4.98 Å². The summed E-state index contributed by atoms with van der Waals surface area (Å²) in [6.45, 7) is 1.53. The van der Waals surface area contributed by atoms with Gasteiger partial charge < -0.3 is 13.5 Å². The Balaban J connectivity index is 2.13. The number of benzene rings is 1. The lowest BCUT2D eigenvalue weighted by atomic mass is 10.1. The van der Waals surface area contributed by atoms with Gasteiger partial charge in [0.2, 0.25) is 5.03 Å². The van der Waals surface area contributed by atoms with Gasteiger partial charge in [0.1, 0.15) is 11.5 Å². The molecule has 2 rings (SSSR count). The van der Waals surface area contributed by atoms with Crippen molar-refractivity contribution >= 4 is 27.5 Å². The van der Waals surface area contributed by atoms with E-state index in [1.54, 1.807) is 19.2 Å².